The van der Waals surface area contributed by atoms with Crippen molar-refractivity contribution in [2.75, 3.05) is 0 Å². The summed E-state index contributed by atoms with van der Waals surface area (Å²) in [5, 5.41) is 0. The molecule has 0 aliphatic carbocycles. The number of carbonyl (C=O) groups excluding carboxylic acids is 2. The zero-order chi connectivity index (χ0) is 22.1. The van der Waals surface area contributed by atoms with Crippen molar-refractivity contribution in [2.24, 2.45) is 0 Å². The molecule has 0 aromatic heterocycles. The zero-order valence-electron chi connectivity index (χ0n) is 13.7. The number of esters is 1. The van der Waals surface area contributed by atoms with Crippen molar-refractivity contribution in [3.8, 4) is 5.75 Å². The second kappa shape index (κ2) is 8.37. The average Bonchev–Trinajstić information content (AvgIpc) is 2.51. The fraction of sp³-hybridized carbons (Fsp3) is 0.429. The second-order valence-electron chi connectivity index (χ2n) is 5.54. The molecule has 0 unspecified atom stereocenters. The molecule has 0 fully saturated rings. The molecule has 1 aromatic carbocycles. The summed E-state index contributed by atoms with van der Waals surface area (Å²) >= 11 is 17.1. The molecular formula is C14H10Cl3F7O3Si. The van der Waals surface area contributed by atoms with E-state index in [-0.39, 0.29) is 12.5 Å². The standard InChI is InChI=1S/C14H10Cl3F7O3Si/c1-7(25)9-6-8(4-5-28(15,16)17)2-3-10(9)27-11(26)12(18,19)13(20,21)14(22,23)24/h2-3,6H,4-5H2,1H3. The van der Waals surface area contributed by atoms with Gasteiger partial charge in [0.25, 0.3) is 0 Å². The number of rotatable bonds is 7. The maximum atomic E-state index is 13.4. The van der Waals surface area contributed by atoms with E-state index in [0.717, 1.165) is 25.1 Å². The first-order valence-electron chi connectivity index (χ1n) is 7.15. The molecule has 0 heterocycles. The zero-order valence-corrected chi connectivity index (χ0v) is 16.9. The van der Waals surface area contributed by atoms with Crippen LogP contribution in [-0.2, 0) is 11.2 Å². The number of halogens is 10. The van der Waals surface area contributed by atoms with Gasteiger partial charge >= 0.3 is 30.0 Å². The first kappa shape index (κ1) is 25.0. The number of alkyl halides is 7. The summed E-state index contributed by atoms with van der Waals surface area (Å²) in [6, 6.07) is 0.0995. The number of aryl methyl sites for hydroxylation is 1. The minimum Gasteiger partial charge on any atom is -0.421 e. The molecule has 0 spiro atoms. The van der Waals surface area contributed by atoms with Crippen LogP contribution in [0.2, 0.25) is 6.04 Å². The molecule has 0 aliphatic rings. The van der Waals surface area contributed by atoms with Gasteiger partial charge in [-0.15, -0.1) is 33.2 Å². The monoisotopic (exact) mass is 492 g/mol. The summed E-state index contributed by atoms with van der Waals surface area (Å²) in [6.45, 7) is 0.933. The molecule has 0 saturated carbocycles. The molecule has 0 radical (unpaired) electrons. The number of benzene rings is 1. The van der Waals surface area contributed by atoms with Gasteiger partial charge in [-0.05, 0) is 37.1 Å². The Morgan fingerprint density at radius 3 is 2.00 bits per heavy atom. The van der Waals surface area contributed by atoms with Crippen molar-refractivity contribution < 1.29 is 45.1 Å². The lowest BCUT2D eigenvalue weighted by Gasteiger charge is -2.26. The van der Waals surface area contributed by atoms with Gasteiger partial charge in [0, 0.05) is 0 Å². The summed E-state index contributed by atoms with van der Waals surface area (Å²) in [7, 11) is 0. The van der Waals surface area contributed by atoms with Gasteiger partial charge in [0.05, 0.1) is 5.56 Å². The quantitative estimate of drug-likeness (QED) is 0.120. The SMILES string of the molecule is CC(=O)c1cc(CC[Si](Cl)(Cl)Cl)ccc1OC(=O)C(F)(F)C(F)(F)C(F)(F)F. The van der Waals surface area contributed by atoms with Gasteiger partial charge in [-0.1, -0.05) is 6.07 Å². The summed E-state index contributed by atoms with van der Waals surface area (Å²) in [6.07, 6.45) is -6.57. The lowest BCUT2D eigenvalue weighted by molar-refractivity contribution is -0.346. The smallest absolute Gasteiger partial charge is 0.421 e. The fourth-order valence-electron chi connectivity index (χ4n) is 1.85. The van der Waals surface area contributed by atoms with E-state index in [9.17, 15) is 40.3 Å². The summed E-state index contributed by atoms with van der Waals surface area (Å²) in [4.78, 5) is 23.0. The molecule has 14 heteroatoms. The van der Waals surface area contributed by atoms with Crippen LogP contribution in [0.25, 0.3) is 0 Å². The number of carbonyl (C=O) groups is 2. The summed E-state index contributed by atoms with van der Waals surface area (Å²) in [5.74, 6) is -17.8. The Balaban J connectivity index is 3.17. The predicted octanol–water partition coefficient (Wildman–Crippen LogP) is 5.83. The van der Waals surface area contributed by atoms with Crippen LogP contribution in [-0.4, -0.2) is 35.8 Å². The van der Waals surface area contributed by atoms with Gasteiger partial charge in [-0.2, -0.15) is 30.7 Å². The minimum atomic E-state index is -6.70. The van der Waals surface area contributed by atoms with Crippen molar-refractivity contribution >= 4 is 51.0 Å². The van der Waals surface area contributed by atoms with Gasteiger partial charge < -0.3 is 4.74 Å². The van der Waals surface area contributed by atoms with Crippen molar-refractivity contribution in [3.05, 3.63) is 29.3 Å². The van der Waals surface area contributed by atoms with Crippen molar-refractivity contribution in [2.45, 2.75) is 37.4 Å². The van der Waals surface area contributed by atoms with E-state index >= 15 is 0 Å². The summed E-state index contributed by atoms with van der Waals surface area (Å²) < 4.78 is 93.0. The molecule has 1 aromatic rings. The first-order chi connectivity index (χ1) is 12.4. The highest BCUT2D eigenvalue weighted by Gasteiger charge is 2.77. The molecule has 0 bridgehead atoms. The molecule has 0 amide bonds. The van der Waals surface area contributed by atoms with E-state index in [0.29, 0.717) is 5.56 Å². The minimum absolute atomic E-state index is 0.115. The van der Waals surface area contributed by atoms with Crippen LogP contribution < -0.4 is 4.74 Å². The van der Waals surface area contributed by atoms with Crippen LogP contribution in [0.1, 0.15) is 22.8 Å². The third-order valence-corrected chi connectivity index (χ3v) is 5.85. The molecule has 0 N–H and O–H groups in total. The Bertz CT molecular complexity index is 764. The van der Waals surface area contributed by atoms with Gasteiger partial charge in [0.1, 0.15) is 5.75 Å². The Kier molecular flexibility index (Phi) is 7.47. The van der Waals surface area contributed by atoms with Crippen molar-refractivity contribution in [3.63, 3.8) is 0 Å². The third-order valence-electron chi connectivity index (χ3n) is 3.33. The topological polar surface area (TPSA) is 43.4 Å². The van der Waals surface area contributed by atoms with Gasteiger partial charge in [-0.25, -0.2) is 4.79 Å². The van der Waals surface area contributed by atoms with Gasteiger partial charge in [0.15, 0.2) is 5.78 Å². The Hall–Kier alpha value is -1.04. The maximum Gasteiger partial charge on any atom is 0.460 e. The number of ketones is 1. The van der Waals surface area contributed by atoms with E-state index in [1.54, 1.807) is 0 Å². The Labute approximate surface area is 168 Å². The lowest BCUT2D eigenvalue weighted by Crippen LogP contribution is -2.57. The molecule has 3 nitrogen and oxygen atoms in total. The van der Waals surface area contributed by atoms with Crippen molar-refractivity contribution in [1.29, 1.82) is 0 Å². The first-order valence-corrected chi connectivity index (χ1v) is 12.4. The van der Waals surface area contributed by atoms with Crippen LogP contribution >= 0.6 is 33.2 Å². The van der Waals surface area contributed by atoms with E-state index in [1.165, 1.54) is 0 Å². The highest BCUT2D eigenvalue weighted by molar-refractivity contribution is 7.64. The van der Waals surface area contributed by atoms with E-state index in [1.807, 2.05) is 0 Å². The molecule has 0 aliphatic heterocycles. The second-order valence-corrected chi connectivity index (χ2v) is 14.8. The number of Topliss-reactive ketones (excluding diaryl/α,β-unsaturated/α-hetero) is 1. The van der Waals surface area contributed by atoms with Crippen LogP contribution in [0.5, 0.6) is 5.75 Å². The largest absolute Gasteiger partial charge is 0.460 e. The average molecular weight is 494 g/mol. The van der Waals surface area contributed by atoms with Crippen LogP contribution in [0.15, 0.2) is 18.2 Å². The molecule has 28 heavy (non-hydrogen) atoms. The Morgan fingerprint density at radius 2 is 1.57 bits per heavy atom. The van der Waals surface area contributed by atoms with Crippen LogP contribution in [0.3, 0.4) is 0 Å². The molecular weight excluding hydrogens is 484 g/mol. The maximum absolute atomic E-state index is 13.4. The number of ether oxygens (including phenoxy) is 1. The van der Waals surface area contributed by atoms with E-state index < -0.39 is 47.1 Å². The van der Waals surface area contributed by atoms with Crippen molar-refractivity contribution in [1.82, 2.24) is 0 Å². The normalized spacial score (nSPS) is 13.4. The number of hydrogen-bond donors (Lipinski definition) is 0. The Morgan fingerprint density at radius 1 is 1.04 bits per heavy atom. The highest BCUT2D eigenvalue weighted by atomic mass is 35.8. The lowest BCUT2D eigenvalue weighted by atomic mass is 10.0. The number of hydrogen-bond acceptors (Lipinski definition) is 3. The van der Waals surface area contributed by atoms with Crippen LogP contribution in [0.4, 0.5) is 30.7 Å². The molecule has 1 rings (SSSR count). The predicted molar refractivity (Wildman–Crippen MR) is 89.9 cm³/mol. The molecule has 0 saturated heterocycles. The van der Waals surface area contributed by atoms with Gasteiger partial charge in [0.2, 0.25) is 0 Å². The molecule has 158 valence electrons. The highest BCUT2D eigenvalue weighted by Crippen LogP contribution is 2.47. The third kappa shape index (κ3) is 5.74. The fourth-order valence-corrected chi connectivity index (χ4v) is 3.28. The molecule has 0 atom stereocenters. The van der Waals surface area contributed by atoms with Gasteiger partial charge in [-0.3, -0.25) is 4.79 Å². The van der Waals surface area contributed by atoms with Crippen LogP contribution in [0, 0.1) is 0 Å². The van der Waals surface area contributed by atoms with E-state index in [2.05, 4.69) is 4.74 Å². The summed E-state index contributed by atoms with van der Waals surface area (Å²) in [5.41, 5.74) is -0.140. The van der Waals surface area contributed by atoms with E-state index in [4.69, 9.17) is 33.2 Å².